The Bertz CT molecular complexity index is 918. The molecule has 0 radical (unpaired) electrons. The maximum atomic E-state index is 12.5. The number of aryl methyl sites for hydroxylation is 1. The highest BCUT2D eigenvalue weighted by Gasteiger charge is 2.23. The van der Waals surface area contributed by atoms with Crippen LogP contribution in [0.15, 0.2) is 59.3 Å². The zero-order valence-corrected chi connectivity index (χ0v) is 14.3. The van der Waals surface area contributed by atoms with E-state index in [9.17, 15) is 4.79 Å². The summed E-state index contributed by atoms with van der Waals surface area (Å²) >= 11 is 0. The first-order chi connectivity index (χ1) is 12.7. The van der Waals surface area contributed by atoms with E-state index in [2.05, 4.69) is 10.3 Å². The Labute approximate surface area is 150 Å². The van der Waals surface area contributed by atoms with Crippen molar-refractivity contribution in [3.8, 4) is 22.8 Å². The van der Waals surface area contributed by atoms with Gasteiger partial charge in [0.1, 0.15) is 12.7 Å². The second kappa shape index (κ2) is 6.92. The van der Waals surface area contributed by atoms with Gasteiger partial charge in [-0.15, -0.1) is 0 Å². The van der Waals surface area contributed by atoms with Crippen LogP contribution in [0.5, 0.6) is 11.5 Å². The average molecular weight is 350 g/mol. The molecule has 1 amide bonds. The number of carbonyl (C=O) groups excluding carboxylic acids is 1. The summed E-state index contributed by atoms with van der Waals surface area (Å²) < 4.78 is 16.9. The van der Waals surface area contributed by atoms with Crippen LogP contribution in [0, 0.1) is 6.92 Å². The molecule has 1 aromatic heterocycles. The van der Waals surface area contributed by atoms with Crippen molar-refractivity contribution in [1.82, 2.24) is 10.3 Å². The van der Waals surface area contributed by atoms with E-state index < -0.39 is 0 Å². The van der Waals surface area contributed by atoms with Crippen molar-refractivity contribution in [2.24, 2.45) is 0 Å². The molecule has 0 spiro atoms. The molecule has 6 nitrogen and oxygen atoms in total. The largest absolute Gasteiger partial charge is 0.486 e. The summed E-state index contributed by atoms with van der Waals surface area (Å²) in [6, 6.07) is 15.2. The lowest BCUT2D eigenvalue weighted by Gasteiger charge is -2.26. The number of amides is 1. The minimum atomic E-state index is -0.309. The van der Waals surface area contributed by atoms with Gasteiger partial charge in [0, 0.05) is 5.56 Å². The van der Waals surface area contributed by atoms with Crippen molar-refractivity contribution < 1.29 is 18.7 Å². The molecular formula is C20H18N2O4. The van der Waals surface area contributed by atoms with E-state index in [1.54, 1.807) is 0 Å². The van der Waals surface area contributed by atoms with Gasteiger partial charge in [-0.3, -0.25) is 4.79 Å². The lowest BCUT2D eigenvalue weighted by molar-refractivity contribution is 0.0787. The Morgan fingerprint density at radius 2 is 1.92 bits per heavy atom. The number of nitrogens with zero attached hydrogens (tertiary/aromatic N) is 1. The van der Waals surface area contributed by atoms with Gasteiger partial charge in [-0.25, -0.2) is 4.98 Å². The topological polar surface area (TPSA) is 73.6 Å². The first-order valence-electron chi connectivity index (χ1n) is 8.38. The van der Waals surface area contributed by atoms with Crippen LogP contribution in [0.4, 0.5) is 0 Å². The van der Waals surface area contributed by atoms with Gasteiger partial charge in [0.2, 0.25) is 0 Å². The van der Waals surface area contributed by atoms with Gasteiger partial charge in [-0.1, -0.05) is 42.0 Å². The van der Waals surface area contributed by atoms with Gasteiger partial charge in [0.05, 0.1) is 6.54 Å². The molecule has 0 saturated carbocycles. The van der Waals surface area contributed by atoms with Crippen molar-refractivity contribution in [2.45, 2.75) is 13.0 Å². The Morgan fingerprint density at radius 1 is 1.15 bits per heavy atom. The molecule has 6 heteroatoms. The van der Waals surface area contributed by atoms with Crippen molar-refractivity contribution in [2.75, 3.05) is 13.2 Å². The Balaban J connectivity index is 1.42. The Hall–Kier alpha value is -3.28. The molecule has 3 aromatic rings. The molecule has 1 aliphatic heterocycles. The lowest BCUT2D eigenvalue weighted by atomic mass is 10.1. The normalized spacial score (nSPS) is 15.5. The summed E-state index contributed by atoms with van der Waals surface area (Å²) in [4.78, 5) is 16.6. The van der Waals surface area contributed by atoms with Crippen LogP contribution < -0.4 is 14.8 Å². The highest BCUT2D eigenvalue weighted by Crippen LogP contribution is 2.30. The number of ether oxygens (including phenoxy) is 2. The van der Waals surface area contributed by atoms with Crippen molar-refractivity contribution in [3.05, 3.63) is 66.2 Å². The molecule has 2 aromatic carbocycles. The molecule has 26 heavy (non-hydrogen) atoms. The minimum absolute atomic E-state index is 0.256. The van der Waals surface area contributed by atoms with Crippen molar-refractivity contribution in [3.63, 3.8) is 0 Å². The van der Waals surface area contributed by atoms with Crippen molar-refractivity contribution >= 4 is 5.91 Å². The van der Waals surface area contributed by atoms with Crippen LogP contribution in [0.25, 0.3) is 11.3 Å². The number of carbonyl (C=O) groups is 1. The van der Waals surface area contributed by atoms with E-state index in [1.807, 2.05) is 55.5 Å². The first-order valence-corrected chi connectivity index (χ1v) is 8.38. The van der Waals surface area contributed by atoms with E-state index in [0.29, 0.717) is 30.4 Å². The van der Waals surface area contributed by atoms with E-state index >= 15 is 0 Å². The molecule has 0 aliphatic carbocycles. The number of fused-ring (bicyclic) bond motifs is 1. The standard InChI is InChI=1S/C20H18N2O4/c1-13-6-8-14(9-7-13)19-18(22-12-25-19)20(23)21-10-15-11-24-16-4-2-3-5-17(16)26-15/h2-9,12,15H,10-11H2,1H3,(H,21,23)/t15-/m1/s1. The first kappa shape index (κ1) is 16.2. The molecule has 1 N–H and O–H groups in total. The van der Waals surface area contributed by atoms with Gasteiger partial charge in [-0.2, -0.15) is 0 Å². The van der Waals surface area contributed by atoms with E-state index in [4.69, 9.17) is 13.9 Å². The third kappa shape index (κ3) is 3.26. The van der Waals surface area contributed by atoms with Gasteiger partial charge in [0.15, 0.2) is 29.3 Å². The van der Waals surface area contributed by atoms with E-state index in [1.165, 1.54) is 6.39 Å². The van der Waals surface area contributed by atoms with E-state index in [-0.39, 0.29) is 17.7 Å². The maximum absolute atomic E-state index is 12.5. The molecule has 132 valence electrons. The van der Waals surface area contributed by atoms with Gasteiger partial charge in [-0.05, 0) is 19.1 Å². The number of nitrogens with one attached hydrogen (secondary N) is 1. The fourth-order valence-electron chi connectivity index (χ4n) is 2.77. The number of oxazole rings is 1. The SMILES string of the molecule is Cc1ccc(-c2ocnc2C(=O)NC[C@@H]2COc3ccccc3O2)cc1. The summed E-state index contributed by atoms with van der Waals surface area (Å²) in [6.45, 7) is 2.69. The van der Waals surface area contributed by atoms with Gasteiger partial charge < -0.3 is 19.2 Å². The maximum Gasteiger partial charge on any atom is 0.274 e. The minimum Gasteiger partial charge on any atom is -0.486 e. The lowest BCUT2D eigenvalue weighted by Crippen LogP contribution is -2.40. The third-order valence-corrected chi connectivity index (χ3v) is 4.15. The highest BCUT2D eigenvalue weighted by molar-refractivity contribution is 5.97. The molecule has 4 rings (SSSR count). The highest BCUT2D eigenvalue weighted by atomic mass is 16.6. The smallest absolute Gasteiger partial charge is 0.274 e. The quantitative estimate of drug-likeness (QED) is 0.782. The number of para-hydroxylation sites is 2. The monoisotopic (exact) mass is 350 g/mol. The predicted molar refractivity (Wildman–Crippen MR) is 95.4 cm³/mol. The molecule has 1 atom stereocenters. The van der Waals surface area contributed by atoms with Crippen LogP contribution in [0.1, 0.15) is 16.1 Å². The number of hydrogen-bond acceptors (Lipinski definition) is 5. The van der Waals surface area contributed by atoms with E-state index in [0.717, 1.165) is 11.1 Å². The Kier molecular flexibility index (Phi) is 4.31. The number of hydrogen-bond donors (Lipinski definition) is 1. The molecule has 0 unspecified atom stereocenters. The van der Waals surface area contributed by atoms with Crippen LogP contribution in [-0.4, -0.2) is 30.1 Å². The molecule has 0 fully saturated rings. The number of rotatable bonds is 4. The fourth-order valence-corrected chi connectivity index (χ4v) is 2.77. The fraction of sp³-hybridized carbons (Fsp3) is 0.200. The molecule has 2 heterocycles. The van der Waals surface area contributed by atoms with Crippen LogP contribution in [0.3, 0.4) is 0 Å². The number of aromatic nitrogens is 1. The second-order valence-electron chi connectivity index (χ2n) is 6.10. The summed E-state index contributed by atoms with van der Waals surface area (Å²) in [6.07, 6.45) is 1.02. The Morgan fingerprint density at radius 3 is 2.73 bits per heavy atom. The van der Waals surface area contributed by atoms with Crippen LogP contribution in [0.2, 0.25) is 0 Å². The van der Waals surface area contributed by atoms with Gasteiger partial charge in [0.25, 0.3) is 5.91 Å². The molecule has 1 aliphatic rings. The molecule has 0 bridgehead atoms. The predicted octanol–water partition coefficient (Wildman–Crippen LogP) is 3.22. The molecule has 0 saturated heterocycles. The van der Waals surface area contributed by atoms with Crippen LogP contribution >= 0.6 is 0 Å². The zero-order valence-electron chi connectivity index (χ0n) is 14.3. The summed E-state index contributed by atoms with van der Waals surface area (Å²) in [7, 11) is 0. The summed E-state index contributed by atoms with van der Waals surface area (Å²) in [5.41, 5.74) is 2.20. The summed E-state index contributed by atoms with van der Waals surface area (Å²) in [5.74, 6) is 1.54. The zero-order chi connectivity index (χ0) is 17.9. The summed E-state index contributed by atoms with van der Waals surface area (Å²) in [5, 5.41) is 2.84. The second-order valence-corrected chi connectivity index (χ2v) is 6.10. The third-order valence-electron chi connectivity index (χ3n) is 4.15. The molecular weight excluding hydrogens is 332 g/mol. The number of benzene rings is 2. The van der Waals surface area contributed by atoms with Crippen molar-refractivity contribution in [1.29, 1.82) is 0 Å². The average Bonchev–Trinajstić information content (AvgIpc) is 3.16. The van der Waals surface area contributed by atoms with Gasteiger partial charge >= 0.3 is 0 Å². The van der Waals surface area contributed by atoms with Crippen LogP contribution in [-0.2, 0) is 0 Å².